The Balaban J connectivity index is 2.61. The molecule has 0 atom stereocenters. The van der Waals surface area contributed by atoms with Crippen molar-refractivity contribution >= 4 is 5.82 Å². The van der Waals surface area contributed by atoms with Gasteiger partial charge in [0.25, 0.3) is 0 Å². The van der Waals surface area contributed by atoms with Crippen molar-refractivity contribution in [3.8, 4) is 11.1 Å². The first-order valence-corrected chi connectivity index (χ1v) is 4.82. The minimum absolute atomic E-state index is 0.141. The molecule has 0 aliphatic rings. The molecule has 0 amide bonds. The second-order valence-corrected chi connectivity index (χ2v) is 3.38. The van der Waals surface area contributed by atoms with E-state index >= 15 is 0 Å². The first-order valence-electron chi connectivity index (χ1n) is 4.82. The molecular weight excluding hydrogens is 214 g/mol. The Hall–Kier alpha value is -1.91. The maximum absolute atomic E-state index is 13.1. The van der Waals surface area contributed by atoms with Gasteiger partial charge in [-0.15, -0.1) is 0 Å². The van der Waals surface area contributed by atoms with Crippen molar-refractivity contribution < 1.29 is 13.3 Å². The molecule has 3 nitrogen and oxygen atoms in total. The molecule has 0 spiro atoms. The summed E-state index contributed by atoms with van der Waals surface area (Å²) in [6, 6.07) is 3.20. The summed E-state index contributed by atoms with van der Waals surface area (Å²) in [6.07, 6.45) is 0.553. The van der Waals surface area contributed by atoms with Crippen molar-refractivity contribution in [3.63, 3.8) is 0 Å². The number of rotatable bonds is 2. The highest BCUT2D eigenvalue weighted by Gasteiger charge is 2.15. The summed E-state index contributed by atoms with van der Waals surface area (Å²) in [4.78, 5) is 0. The molecule has 0 saturated carbocycles. The van der Waals surface area contributed by atoms with Gasteiger partial charge in [0.2, 0.25) is 0 Å². The van der Waals surface area contributed by atoms with Crippen LogP contribution in [0.15, 0.2) is 22.7 Å². The Labute approximate surface area is 90.9 Å². The SMILES string of the molecule is CCc1onc(N)c1-c1cc(F)cc(F)c1. The summed E-state index contributed by atoms with van der Waals surface area (Å²) in [5.41, 5.74) is 6.40. The van der Waals surface area contributed by atoms with Crippen LogP contribution in [0, 0.1) is 11.6 Å². The average Bonchev–Trinajstić information content (AvgIpc) is 2.58. The van der Waals surface area contributed by atoms with Crippen LogP contribution in [-0.2, 0) is 6.42 Å². The first kappa shape index (κ1) is 10.6. The van der Waals surface area contributed by atoms with Crippen molar-refractivity contribution in [2.45, 2.75) is 13.3 Å². The summed E-state index contributed by atoms with van der Waals surface area (Å²) in [5, 5.41) is 3.58. The molecule has 16 heavy (non-hydrogen) atoms. The van der Waals surface area contributed by atoms with Crippen LogP contribution in [0.1, 0.15) is 12.7 Å². The maximum Gasteiger partial charge on any atom is 0.175 e. The molecule has 5 heteroatoms. The van der Waals surface area contributed by atoms with E-state index in [1.54, 1.807) is 0 Å². The number of hydrogen-bond acceptors (Lipinski definition) is 3. The lowest BCUT2D eigenvalue weighted by atomic mass is 10.0. The van der Waals surface area contributed by atoms with Crippen LogP contribution >= 0.6 is 0 Å². The predicted molar refractivity (Wildman–Crippen MR) is 55.6 cm³/mol. The van der Waals surface area contributed by atoms with Crippen LogP contribution in [0.5, 0.6) is 0 Å². The van der Waals surface area contributed by atoms with Gasteiger partial charge < -0.3 is 10.3 Å². The van der Waals surface area contributed by atoms with Gasteiger partial charge in [0, 0.05) is 12.5 Å². The Bertz CT molecular complexity index is 502. The van der Waals surface area contributed by atoms with Gasteiger partial charge in [0.05, 0.1) is 5.56 Å². The predicted octanol–water partition coefficient (Wildman–Crippen LogP) is 2.76. The molecule has 2 aromatic rings. The quantitative estimate of drug-likeness (QED) is 0.853. The summed E-state index contributed by atoms with van der Waals surface area (Å²) in [6.45, 7) is 1.85. The number of hydrogen-bond donors (Lipinski definition) is 1. The van der Waals surface area contributed by atoms with Crippen molar-refractivity contribution in [1.29, 1.82) is 0 Å². The van der Waals surface area contributed by atoms with Crippen LogP contribution in [0.3, 0.4) is 0 Å². The molecule has 1 aromatic heterocycles. The van der Waals surface area contributed by atoms with Gasteiger partial charge in [0.1, 0.15) is 17.4 Å². The highest BCUT2D eigenvalue weighted by Crippen LogP contribution is 2.30. The molecule has 2 N–H and O–H groups in total. The van der Waals surface area contributed by atoms with Gasteiger partial charge in [0.15, 0.2) is 5.82 Å². The van der Waals surface area contributed by atoms with E-state index in [1.807, 2.05) is 6.92 Å². The summed E-state index contributed by atoms with van der Waals surface area (Å²) in [5.74, 6) is -0.653. The topological polar surface area (TPSA) is 52.0 Å². The van der Waals surface area contributed by atoms with E-state index in [0.717, 1.165) is 6.07 Å². The zero-order chi connectivity index (χ0) is 11.7. The second-order valence-electron chi connectivity index (χ2n) is 3.38. The van der Waals surface area contributed by atoms with E-state index in [1.165, 1.54) is 12.1 Å². The van der Waals surface area contributed by atoms with E-state index in [2.05, 4.69) is 5.16 Å². The van der Waals surface area contributed by atoms with Crippen LogP contribution in [0.2, 0.25) is 0 Å². The molecule has 1 aromatic carbocycles. The van der Waals surface area contributed by atoms with E-state index in [4.69, 9.17) is 10.3 Å². The molecule has 84 valence electrons. The third kappa shape index (κ3) is 1.76. The molecule has 0 saturated heterocycles. The third-order valence-electron chi connectivity index (χ3n) is 2.26. The molecule has 2 rings (SSSR count). The summed E-state index contributed by atoms with van der Waals surface area (Å²) >= 11 is 0. The van der Waals surface area contributed by atoms with Crippen molar-refractivity contribution in [3.05, 3.63) is 35.6 Å². The lowest BCUT2D eigenvalue weighted by molar-refractivity contribution is 0.390. The Morgan fingerprint density at radius 3 is 2.44 bits per heavy atom. The normalized spacial score (nSPS) is 10.7. The molecule has 0 aliphatic heterocycles. The second kappa shape index (κ2) is 3.92. The number of nitrogen functional groups attached to an aromatic ring is 1. The highest BCUT2D eigenvalue weighted by atomic mass is 19.1. The van der Waals surface area contributed by atoms with Gasteiger partial charge in [-0.05, 0) is 17.7 Å². The average molecular weight is 224 g/mol. The number of aromatic nitrogens is 1. The number of nitrogens with two attached hydrogens (primary N) is 1. The molecule has 0 aliphatic carbocycles. The van der Waals surface area contributed by atoms with Gasteiger partial charge in [-0.3, -0.25) is 0 Å². The van der Waals surface area contributed by atoms with E-state index < -0.39 is 11.6 Å². The fourth-order valence-electron chi connectivity index (χ4n) is 1.59. The monoisotopic (exact) mass is 224 g/mol. The van der Waals surface area contributed by atoms with E-state index in [-0.39, 0.29) is 5.82 Å². The lowest BCUT2D eigenvalue weighted by Crippen LogP contribution is -1.91. The molecular formula is C11H10F2N2O. The van der Waals surface area contributed by atoms with Gasteiger partial charge in [-0.2, -0.15) is 0 Å². The number of anilines is 1. The number of benzene rings is 1. The van der Waals surface area contributed by atoms with E-state index in [9.17, 15) is 8.78 Å². The zero-order valence-electron chi connectivity index (χ0n) is 8.63. The minimum atomic E-state index is -0.655. The lowest BCUT2D eigenvalue weighted by Gasteiger charge is -2.01. The zero-order valence-corrected chi connectivity index (χ0v) is 8.63. The minimum Gasteiger partial charge on any atom is -0.380 e. The molecule has 1 heterocycles. The van der Waals surface area contributed by atoms with Crippen molar-refractivity contribution in [1.82, 2.24) is 5.16 Å². The van der Waals surface area contributed by atoms with Gasteiger partial charge in [-0.25, -0.2) is 8.78 Å². The van der Waals surface area contributed by atoms with Gasteiger partial charge >= 0.3 is 0 Å². The largest absolute Gasteiger partial charge is 0.380 e. The molecule has 0 fully saturated rings. The highest BCUT2D eigenvalue weighted by molar-refractivity contribution is 5.75. The Morgan fingerprint density at radius 2 is 1.88 bits per heavy atom. The first-order chi connectivity index (χ1) is 7.61. The Morgan fingerprint density at radius 1 is 1.25 bits per heavy atom. The number of nitrogens with zero attached hydrogens (tertiary/aromatic N) is 1. The van der Waals surface area contributed by atoms with Gasteiger partial charge in [-0.1, -0.05) is 12.1 Å². The summed E-state index contributed by atoms with van der Waals surface area (Å²) in [7, 11) is 0. The standard InChI is InChI=1S/C11H10F2N2O/c1-2-9-10(11(14)15-16-9)6-3-7(12)5-8(13)4-6/h3-5H,2H2,1H3,(H2,14,15). The van der Waals surface area contributed by atoms with Crippen molar-refractivity contribution in [2.24, 2.45) is 0 Å². The van der Waals surface area contributed by atoms with Crippen LogP contribution < -0.4 is 5.73 Å². The van der Waals surface area contributed by atoms with Crippen LogP contribution in [-0.4, -0.2) is 5.16 Å². The number of halogens is 2. The third-order valence-corrected chi connectivity index (χ3v) is 2.26. The van der Waals surface area contributed by atoms with Crippen molar-refractivity contribution in [2.75, 3.05) is 5.73 Å². The fourth-order valence-corrected chi connectivity index (χ4v) is 1.59. The Kier molecular flexibility index (Phi) is 2.60. The molecule has 0 radical (unpaired) electrons. The maximum atomic E-state index is 13.1. The van der Waals surface area contributed by atoms with E-state index in [0.29, 0.717) is 23.3 Å². The number of aryl methyl sites for hydroxylation is 1. The molecule has 0 bridgehead atoms. The molecule has 0 unspecified atom stereocenters. The fraction of sp³-hybridized carbons (Fsp3) is 0.182. The van der Waals surface area contributed by atoms with Crippen LogP contribution in [0.4, 0.5) is 14.6 Å². The summed E-state index contributed by atoms with van der Waals surface area (Å²) < 4.78 is 31.1. The smallest absolute Gasteiger partial charge is 0.175 e. The van der Waals surface area contributed by atoms with Crippen LogP contribution in [0.25, 0.3) is 11.1 Å².